The average molecular weight is 300 g/mol. The summed E-state index contributed by atoms with van der Waals surface area (Å²) in [6.45, 7) is 0.0620. The first-order valence-corrected chi connectivity index (χ1v) is 7.12. The van der Waals surface area contributed by atoms with Crippen LogP contribution in [-0.2, 0) is 24.2 Å². The number of methoxy groups -OCH3 is 2. The molecule has 0 aromatic heterocycles. The van der Waals surface area contributed by atoms with Crippen LogP contribution in [0.4, 0.5) is 0 Å². The first-order valence-electron chi connectivity index (χ1n) is 7.12. The Bertz CT molecular complexity index is 632. The highest BCUT2D eigenvalue weighted by atomic mass is 16.5. The number of carbonyl (C=O) groups excluding carboxylic acids is 1. The topological polar surface area (TPSA) is 55.8 Å². The van der Waals surface area contributed by atoms with E-state index in [0.717, 1.165) is 24.0 Å². The van der Waals surface area contributed by atoms with Crippen LogP contribution >= 0.6 is 0 Å². The fourth-order valence-corrected chi connectivity index (χ4v) is 2.27. The Morgan fingerprint density at radius 2 is 1.55 bits per heavy atom. The number of aliphatic hydroxyl groups excluding tert-OH is 1. The van der Waals surface area contributed by atoms with E-state index in [1.54, 1.807) is 13.2 Å². The highest BCUT2D eigenvalue weighted by Gasteiger charge is 2.12. The van der Waals surface area contributed by atoms with Gasteiger partial charge in [-0.1, -0.05) is 30.3 Å². The van der Waals surface area contributed by atoms with Crippen molar-refractivity contribution in [1.29, 1.82) is 0 Å². The standard InChI is InChI=1S/C18H20O4/c1-21-17-11-14(9-10-16(17)18(20)22-2)6-3-13-4-7-15(12-19)8-5-13/h4-5,7-11,19H,3,6,12H2,1-2H3. The van der Waals surface area contributed by atoms with Gasteiger partial charge in [0.05, 0.1) is 20.8 Å². The van der Waals surface area contributed by atoms with Crippen molar-refractivity contribution in [3.8, 4) is 5.75 Å². The molecule has 22 heavy (non-hydrogen) atoms. The van der Waals surface area contributed by atoms with Crippen LogP contribution in [0, 0.1) is 0 Å². The molecule has 0 aliphatic carbocycles. The molecule has 1 N–H and O–H groups in total. The minimum absolute atomic E-state index is 0.0620. The summed E-state index contributed by atoms with van der Waals surface area (Å²) in [6.07, 6.45) is 1.72. The van der Waals surface area contributed by atoms with Crippen LogP contribution in [0.1, 0.15) is 27.0 Å². The second kappa shape index (κ2) is 7.61. The summed E-state index contributed by atoms with van der Waals surface area (Å²) in [5.74, 6) is 0.128. The van der Waals surface area contributed by atoms with Crippen LogP contribution in [0.3, 0.4) is 0 Å². The van der Waals surface area contributed by atoms with Crippen molar-refractivity contribution in [2.24, 2.45) is 0 Å². The normalized spacial score (nSPS) is 10.3. The molecule has 4 heteroatoms. The lowest BCUT2D eigenvalue weighted by Crippen LogP contribution is -2.04. The van der Waals surface area contributed by atoms with Gasteiger partial charge in [-0.3, -0.25) is 0 Å². The van der Waals surface area contributed by atoms with Crippen LogP contribution in [0.15, 0.2) is 42.5 Å². The molecule has 2 aromatic carbocycles. The molecule has 0 saturated heterocycles. The molecule has 0 fully saturated rings. The van der Waals surface area contributed by atoms with Crippen molar-refractivity contribution >= 4 is 5.97 Å². The van der Waals surface area contributed by atoms with Gasteiger partial charge in [-0.15, -0.1) is 0 Å². The lowest BCUT2D eigenvalue weighted by Gasteiger charge is -2.09. The Hall–Kier alpha value is -2.33. The Labute approximate surface area is 130 Å². The number of rotatable bonds is 6. The van der Waals surface area contributed by atoms with Gasteiger partial charge in [0.15, 0.2) is 0 Å². The van der Waals surface area contributed by atoms with Crippen LogP contribution < -0.4 is 4.74 Å². The maximum atomic E-state index is 11.6. The summed E-state index contributed by atoms with van der Waals surface area (Å²) < 4.78 is 9.99. The molecular weight excluding hydrogens is 280 g/mol. The molecule has 2 rings (SSSR count). The molecule has 2 aromatic rings. The summed E-state index contributed by atoms with van der Waals surface area (Å²) in [7, 11) is 2.89. The predicted molar refractivity (Wildman–Crippen MR) is 84.1 cm³/mol. The summed E-state index contributed by atoms with van der Waals surface area (Å²) in [5.41, 5.74) is 3.64. The first kappa shape index (κ1) is 16.0. The third-order valence-corrected chi connectivity index (χ3v) is 3.58. The summed E-state index contributed by atoms with van der Waals surface area (Å²) in [4.78, 5) is 11.6. The molecule has 0 heterocycles. The Morgan fingerprint density at radius 1 is 0.955 bits per heavy atom. The van der Waals surface area contributed by atoms with Crippen LogP contribution in [0.5, 0.6) is 5.75 Å². The maximum Gasteiger partial charge on any atom is 0.341 e. The molecule has 116 valence electrons. The van der Waals surface area contributed by atoms with E-state index in [9.17, 15) is 4.79 Å². The third kappa shape index (κ3) is 3.86. The van der Waals surface area contributed by atoms with Crippen molar-refractivity contribution < 1.29 is 19.4 Å². The summed E-state index contributed by atoms with van der Waals surface area (Å²) >= 11 is 0. The minimum atomic E-state index is -0.400. The van der Waals surface area contributed by atoms with Crippen LogP contribution in [0.25, 0.3) is 0 Å². The van der Waals surface area contributed by atoms with Crippen LogP contribution in [0.2, 0.25) is 0 Å². The Kier molecular flexibility index (Phi) is 5.55. The molecule has 0 bridgehead atoms. The van der Waals surface area contributed by atoms with E-state index in [1.165, 1.54) is 12.7 Å². The number of esters is 1. The summed E-state index contributed by atoms with van der Waals surface area (Å²) in [5, 5.41) is 9.03. The SMILES string of the molecule is COC(=O)c1ccc(CCc2ccc(CO)cc2)cc1OC. The fraction of sp³-hybridized carbons (Fsp3) is 0.278. The van der Waals surface area contributed by atoms with Gasteiger partial charge in [-0.05, 0) is 41.7 Å². The summed E-state index contributed by atoms with van der Waals surface area (Å²) in [6, 6.07) is 13.4. The lowest BCUT2D eigenvalue weighted by molar-refractivity contribution is 0.0597. The molecule has 0 atom stereocenters. The van der Waals surface area contributed by atoms with Crippen molar-refractivity contribution in [3.63, 3.8) is 0 Å². The zero-order valence-electron chi connectivity index (χ0n) is 12.8. The zero-order valence-corrected chi connectivity index (χ0v) is 12.8. The largest absolute Gasteiger partial charge is 0.496 e. The predicted octanol–water partition coefficient (Wildman–Crippen LogP) is 2.76. The molecule has 0 aliphatic rings. The van der Waals surface area contributed by atoms with Gasteiger partial charge >= 0.3 is 5.97 Å². The highest BCUT2D eigenvalue weighted by Crippen LogP contribution is 2.22. The van der Waals surface area contributed by atoms with Crippen LogP contribution in [-0.4, -0.2) is 25.3 Å². The van der Waals surface area contributed by atoms with Gasteiger partial charge in [-0.2, -0.15) is 0 Å². The van der Waals surface area contributed by atoms with Crippen molar-refractivity contribution in [2.75, 3.05) is 14.2 Å². The fourth-order valence-electron chi connectivity index (χ4n) is 2.27. The number of hydrogen-bond acceptors (Lipinski definition) is 4. The monoisotopic (exact) mass is 300 g/mol. The van der Waals surface area contributed by atoms with E-state index in [-0.39, 0.29) is 6.61 Å². The van der Waals surface area contributed by atoms with Crippen molar-refractivity contribution in [2.45, 2.75) is 19.4 Å². The Balaban J connectivity index is 2.07. The molecule has 4 nitrogen and oxygen atoms in total. The minimum Gasteiger partial charge on any atom is -0.496 e. The van der Waals surface area contributed by atoms with Crippen molar-refractivity contribution in [3.05, 3.63) is 64.7 Å². The smallest absolute Gasteiger partial charge is 0.341 e. The quantitative estimate of drug-likeness (QED) is 0.833. The average Bonchev–Trinajstić information content (AvgIpc) is 2.59. The van der Waals surface area contributed by atoms with E-state index in [0.29, 0.717) is 11.3 Å². The molecule has 0 saturated carbocycles. The van der Waals surface area contributed by atoms with Gasteiger partial charge in [0, 0.05) is 0 Å². The maximum absolute atomic E-state index is 11.6. The number of aryl methyl sites for hydroxylation is 2. The molecule has 0 radical (unpaired) electrons. The van der Waals surface area contributed by atoms with Gasteiger partial charge in [0.1, 0.15) is 11.3 Å². The van der Waals surface area contributed by atoms with E-state index in [1.807, 2.05) is 36.4 Å². The van der Waals surface area contributed by atoms with Gasteiger partial charge in [0.25, 0.3) is 0 Å². The molecule has 0 unspecified atom stereocenters. The molecule has 0 amide bonds. The molecule has 0 aliphatic heterocycles. The van der Waals surface area contributed by atoms with E-state index >= 15 is 0 Å². The highest BCUT2D eigenvalue weighted by molar-refractivity contribution is 5.92. The van der Waals surface area contributed by atoms with Gasteiger partial charge in [0.2, 0.25) is 0 Å². The lowest BCUT2D eigenvalue weighted by atomic mass is 10.0. The molecule has 0 spiro atoms. The first-order chi connectivity index (χ1) is 10.7. The second-order valence-electron chi connectivity index (χ2n) is 5.00. The Morgan fingerprint density at radius 3 is 2.14 bits per heavy atom. The second-order valence-corrected chi connectivity index (χ2v) is 5.00. The number of ether oxygens (including phenoxy) is 2. The van der Waals surface area contributed by atoms with Gasteiger partial charge < -0.3 is 14.6 Å². The van der Waals surface area contributed by atoms with Crippen molar-refractivity contribution in [1.82, 2.24) is 0 Å². The molecular formula is C18H20O4. The zero-order chi connectivity index (χ0) is 15.9. The number of hydrogen-bond donors (Lipinski definition) is 1. The number of carbonyl (C=O) groups is 1. The third-order valence-electron chi connectivity index (χ3n) is 3.58. The van der Waals surface area contributed by atoms with E-state index < -0.39 is 5.97 Å². The van der Waals surface area contributed by atoms with E-state index in [2.05, 4.69) is 0 Å². The van der Waals surface area contributed by atoms with E-state index in [4.69, 9.17) is 14.6 Å². The number of aliphatic hydroxyl groups is 1. The number of benzene rings is 2. The van der Waals surface area contributed by atoms with Gasteiger partial charge in [-0.25, -0.2) is 4.79 Å².